The van der Waals surface area contributed by atoms with Crippen LogP contribution in [0.1, 0.15) is 116 Å². The predicted molar refractivity (Wildman–Crippen MR) is 161 cm³/mol. The summed E-state index contributed by atoms with van der Waals surface area (Å²) < 4.78 is 35.8. The van der Waals surface area contributed by atoms with Crippen molar-refractivity contribution in [2.24, 2.45) is 17.8 Å². The molecule has 0 amide bonds. The Morgan fingerprint density at radius 1 is 0.929 bits per heavy atom. The number of unbranched alkanes of at least 4 members (excludes halogenated alkanes) is 1. The Morgan fingerprint density at radius 3 is 2.38 bits per heavy atom. The lowest BCUT2D eigenvalue weighted by Gasteiger charge is -2.36. The van der Waals surface area contributed by atoms with Crippen molar-refractivity contribution in [3.63, 3.8) is 0 Å². The van der Waals surface area contributed by atoms with E-state index in [0.717, 1.165) is 77.4 Å². The molecule has 1 N–H and O–H groups in total. The van der Waals surface area contributed by atoms with E-state index in [-0.39, 0.29) is 49.2 Å². The van der Waals surface area contributed by atoms with Crippen LogP contribution in [0.3, 0.4) is 0 Å². The van der Waals surface area contributed by atoms with Gasteiger partial charge in [0.2, 0.25) is 0 Å². The second-order valence-electron chi connectivity index (χ2n) is 12.8. The number of hydrogen-bond acceptors (Lipinski definition) is 8. The molecule has 4 aliphatic rings. The number of allylic oxidation sites excluding steroid dienone is 1. The first-order valence-electron chi connectivity index (χ1n) is 17.2. The molecular formula is C34H58O8. The Bertz CT molecular complexity index is 757. The molecule has 0 radical (unpaired) electrons. The van der Waals surface area contributed by atoms with Gasteiger partial charge in [0.05, 0.1) is 31.5 Å². The molecule has 2 saturated heterocycles. The van der Waals surface area contributed by atoms with Crippen LogP contribution in [0.15, 0.2) is 12.2 Å². The van der Waals surface area contributed by atoms with Crippen molar-refractivity contribution in [2.45, 2.75) is 147 Å². The summed E-state index contributed by atoms with van der Waals surface area (Å²) in [4.78, 5) is 11.8. The lowest BCUT2D eigenvalue weighted by atomic mass is 9.80. The van der Waals surface area contributed by atoms with Crippen LogP contribution in [-0.2, 0) is 33.2 Å². The fourth-order valence-electron chi connectivity index (χ4n) is 7.25. The van der Waals surface area contributed by atoms with Gasteiger partial charge in [-0.25, -0.2) is 4.79 Å². The number of carbonyl (C=O) groups excluding carboxylic acids is 1. The van der Waals surface area contributed by atoms with Gasteiger partial charge >= 0.3 is 5.97 Å². The van der Waals surface area contributed by atoms with Gasteiger partial charge in [0.1, 0.15) is 6.61 Å². The molecule has 0 spiro atoms. The largest absolute Gasteiger partial charge is 0.464 e. The average Bonchev–Trinajstić information content (AvgIpc) is 3.31. The number of carbonyl (C=O) groups is 1. The van der Waals surface area contributed by atoms with Crippen LogP contribution in [-0.4, -0.2) is 75.0 Å². The van der Waals surface area contributed by atoms with Crippen LogP contribution in [0, 0.1) is 17.8 Å². The van der Waals surface area contributed by atoms with Gasteiger partial charge in [-0.2, -0.15) is 0 Å². The van der Waals surface area contributed by atoms with E-state index in [2.05, 4.69) is 13.0 Å². The molecule has 242 valence electrons. The van der Waals surface area contributed by atoms with E-state index in [1.165, 1.54) is 38.5 Å². The number of ether oxygens (including phenoxy) is 6. The van der Waals surface area contributed by atoms with Crippen LogP contribution in [0.2, 0.25) is 0 Å². The van der Waals surface area contributed by atoms with Gasteiger partial charge in [0.15, 0.2) is 12.6 Å². The van der Waals surface area contributed by atoms with E-state index in [4.69, 9.17) is 28.4 Å². The molecular weight excluding hydrogens is 536 g/mol. The first kappa shape index (κ1) is 33.9. The van der Waals surface area contributed by atoms with Gasteiger partial charge in [0.25, 0.3) is 0 Å². The fraction of sp³-hybridized carbons (Fsp3) is 0.912. The Kier molecular flexibility index (Phi) is 15.6. The zero-order valence-corrected chi connectivity index (χ0v) is 26.1. The molecule has 0 aromatic carbocycles. The van der Waals surface area contributed by atoms with Crippen molar-refractivity contribution < 1.29 is 38.3 Å². The van der Waals surface area contributed by atoms with Crippen molar-refractivity contribution >= 4 is 5.97 Å². The van der Waals surface area contributed by atoms with Crippen molar-refractivity contribution in [3.05, 3.63) is 12.2 Å². The van der Waals surface area contributed by atoms with Crippen LogP contribution in [0.4, 0.5) is 0 Å². The maximum absolute atomic E-state index is 11.8. The molecule has 2 heterocycles. The minimum absolute atomic E-state index is 0.0198. The van der Waals surface area contributed by atoms with E-state index in [9.17, 15) is 9.90 Å². The Balaban J connectivity index is 1.33. The lowest BCUT2D eigenvalue weighted by Crippen LogP contribution is -2.35. The zero-order chi connectivity index (χ0) is 29.4. The highest BCUT2D eigenvalue weighted by Gasteiger charge is 2.44. The summed E-state index contributed by atoms with van der Waals surface area (Å²) in [6.45, 7) is 4.38. The Labute approximate surface area is 254 Å². The summed E-state index contributed by atoms with van der Waals surface area (Å²) in [5.41, 5.74) is 0. The van der Waals surface area contributed by atoms with E-state index in [0.29, 0.717) is 25.6 Å². The van der Waals surface area contributed by atoms with Crippen LogP contribution in [0.5, 0.6) is 0 Å². The quantitative estimate of drug-likeness (QED) is 0.116. The predicted octanol–water partition coefficient (Wildman–Crippen LogP) is 6.47. The molecule has 7 atom stereocenters. The van der Waals surface area contributed by atoms with Crippen LogP contribution in [0.25, 0.3) is 0 Å². The normalized spacial score (nSPS) is 31.9. The summed E-state index contributed by atoms with van der Waals surface area (Å²) in [5, 5.41) is 11.2. The second-order valence-corrected chi connectivity index (χ2v) is 12.8. The average molecular weight is 595 g/mol. The van der Waals surface area contributed by atoms with Gasteiger partial charge in [-0.05, 0) is 94.8 Å². The topological polar surface area (TPSA) is 92.7 Å². The summed E-state index contributed by atoms with van der Waals surface area (Å²) in [6.07, 6.45) is 21.5. The molecule has 42 heavy (non-hydrogen) atoms. The number of esters is 1. The van der Waals surface area contributed by atoms with Crippen LogP contribution >= 0.6 is 0 Å². The summed E-state index contributed by atoms with van der Waals surface area (Å²) in [7, 11) is 0. The molecule has 8 heteroatoms. The Morgan fingerprint density at radius 2 is 1.67 bits per heavy atom. The standard InChI is InChI=1S/C34H58O8/c1-2-3-21-38-32(36)25-37-20-10-7-15-27-28(31(24-29(27)35)42-34-17-9-12-23-40-34)18-19-30(26-13-5-4-6-14-26)41-33-16-8-11-22-39-33/h7,10,26-31,33-35H,2-6,8-9,11-25H2,1H3/t27-,28-,29+,30-,31-,33?,34?/m1/s1. The summed E-state index contributed by atoms with van der Waals surface area (Å²) >= 11 is 0. The number of aliphatic hydroxyl groups is 1. The third kappa shape index (κ3) is 11.5. The van der Waals surface area contributed by atoms with Gasteiger partial charge in [-0.3, -0.25) is 0 Å². The first-order valence-corrected chi connectivity index (χ1v) is 17.2. The highest BCUT2D eigenvalue weighted by molar-refractivity contribution is 5.70. The molecule has 2 aliphatic carbocycles. The van der Waals surface area contributed by atoms with Gasteiger partial charge in [-0.1, -0.05) is 44.8 Å². The fourth-order valence-corrected chi connectivity index (χ4v) is 7.25. The van der Waals surface area contributed by atoms with Crippen molar-refractivity contribution in [1.29, 1.82) is 0 Å². The van der Waals surface area contributed by atoms with Crippen LogP contribution < -0.4 is 0 Å². The van der Waals surface area contributed by atoms with E-state index < -0.39 is 6.10 Å². The molecule has 2 aliphatic heterocycles. The monoisotopic (exact) mass is 594 g/mol. The number of hydrogen-bond donors (Lipinski definition) is 1. The van der Waals surface area contributed by atoms with Gasteiger partial charge < -0.3 is 33.5 Å². The molecule has 8 nitrogen and oxygen atoms in total. The molecule has 4 fully saturated rings. The summed E-state index contributed by atoms with van der Waals surface area (Å²) in [5.74, 6) is 0.598. The molecule has 4 rings (SSSR count). The maximum atomic E-state index is 11.8. The minimum atomic E-state index is -0.418. The molecule has 2 unspecified atom stereocenters. The zero-order valence-electron chi connectivity index (χ0n) is 26.1. The van der Waals surface area contributed by atoms with E-state index >= 15 is 0 Å². The van der Waals surface area contributed by atoms with Crippen molar-refractivity contribution in [2.75, 3.05) is 33.0 Å². The van der Waals surface area contributed by atoms with Crippen molar-refractivity contribution in [3.8, 4) is 0 Å². The molecule has 0 aromatic heterocycles. The number of aliphatic hydroxyl groups excluding tert-OH is 1. The smallest absolute Gasteiger partial charge is 0.332 e. The second kappa shape index (κ2) is 19.4. The SMILES string of the molecule is CCCCOC(=O)COCC=CC[C@@H]1[C@@H](CC[C@@H](OC2CCCCO2)C2CCCCC2)[C@H](OC2CCCCO2)C[C@@H]1O. The molecule has 0 aromatic rings. The Hall–Kier alpha value is -1.03. The third-order valence-corrected chi connectivity index (χ3v) is 9.65. The van der Waals surface area contributed by atoms with E-state index in [1.54, 1.807) is 0 Å². The van der Waals surface area contributed by atoms with Gasteiger partial charge in [-0.15, -0.1) is 0 Å². The highest BCUT2D eigenvalue weighted by atomic mass is 16.7. The van der Waals surface area contributed by atoms with E-state index in [1.807, 2.05) is 6.08 Å². The third-order valence-electron chi connectivity index (χ3n) is 9.65. The van der Waals surface area contributed by atoms with Gasteiger partial charge in [0, 0.05) is 19.6 Å². The maximum Gasteiger partial charge on any atom is 0.332 e. The van der Waals surface area contributed by atoms with Crippen molar-refractivity contribution in [1.82, 2.24) is 0 Å². The molecule has 2 saturated carbocycles. The lowest BCUT2D eigenvalue weighted by molar-refractivity contribution is -0.207. The minimum Gasteiger partial charge on any atom is -0.464 e. The number of rotatable bonds is 17. The first-order chi connectivity index (χ1) is 20.6. The molecule has 0 bridgehead atoms. The summed E-state index contributed by atoms with van der Waals surface area (Å²) in [6, 6.07) is 0. The highest BCUT2D eigenvalue weighted by Crippen LogP contribution is 2.42.